The van der Waals surface area contributed by atoms with E-state index in [4.69, 9.17) is 11.6 Å². The zero-order valence-corrected chi connectivity index (χ0v) is 13.7. The molecule has 0 atom stereocenters. The van der Waals surface area contributed by atoms with Crippen LogP contribution in [-0.2, 0) is 21.9 Å². The maximum absolute atomic E-state index is 12.6. The van der Waals surface area contributed by atoms with Crippen LogP contribution in [0.25, 0.3) is 0 Å². The minimum atomic E-state index is -3.72. The van der Waals surface area contributed by atoms with E-state index in [1.807, 2.05) is 0 Å². The highest BCUT2D eigenvalue weighted by atomic mass is 35.5. The first-order valence-electron chi connectivity index (χ1n) is 6.82. The van der Waals surface area contributed by atoms with Crippen molar-refractivity contribution in [1.82, 2.24) is 18.8 Å². The van der Waals surface area contributed by atoms with Crippen molar-refractivity contribution in [2.24, 2.45) is 7.05 Å². The predicted octanol–water partition coefficient (Wildman–Crippen LogP) is 0.707. The molecule has 21 heavy (non-hydrogen) atoms. The van der Waals surface area contributed by atoms with E-state index < -0.39 is 10.0 Å². The van der Waals surface area contributed by atoms with Gasteiger partial charge >= 0.3 is 0 Å². The van der Waals surface area contributed by atoms with Gasteiger partial charge in [-0.3, -0.25) is 4.79 Å². The molecule has 0 saturated carbocycles. The second-order valence-electron chi connectivity index (χ2n) is 4.94. The fraction of sp³-hybridized carbons (Fsp3) is 0.667. The number of hydrogen-bond donors (Lipinski definition) is 0. The van der Waals surface area contributed by atoms with Crippen LogP contribution >= 0.6 is 11.6 Å². The Hall–Kier alpha value is -1.12. The molecule has 0 radical (unpaired) electrons. The van der Waals surface area contributed by atoms with Crippen LogP contribution in [0.2, 0.25) is 5.15 Å². The summed E-state index contributed by atoms with van der Waals surface area (Å²) in [5, 5.41) is -0.0253. The van der Waals surface area contributed by atoms with Crippen LogP contribution in [0.5, 0.6) is 0 Å². The third-order valence-corrected chi connectivity index (χ3v) is 5.92. The summed E-state index contributed by atoms with van der Waals surface area (Å²) < 4.78 is 28.0. The molecule has 9 heteroatoms. The van der Waals surface area contributed by atoms with Crippen molar-refractivity contribution >= 4 is 27.5 Å². The van der Waals surface area contributed by atoms with E-state index in [1.165, 1.54) is 15.2 Å². The topological polar surface area (TPSA) is 75.5 Å². The van der Waals surface area contributed by atoms with Gasteiger partial charge in [-0.1, -0.05) is 18.5 Å². The lowest BCUT2D eigenvalue weighted by atomic mass is 10.3. The lowest BCUT2D eigenvalue weighted by Crippen LogP contribution is -2.37. The number of aromatic nitrogens is 2. The highest BCUT2D eigenvalue weighted by Gasteiger charge is 2.31. The van der Waals surface area contributed by atoms with E-state index in [9.17, 15) is 13.2 Å². The van der Waals surface area contributed by atoms with Crippen LogP contribution in [0.15, 0.2) is 11.4 Å². The quantitative estimate of drug-likeness (QED) is 0.815. The van der Waals surface area contributed by atoms with Gasteiger partial charge in [0.25, 0.3) is 10.0 Å². The van der Waals surface area contributed by atoms with Crippen LogP contribution in [0, 0.1) is 0 Å². The van der Waals surface area contributed by atoms with Gasteiger partial charge in [-0.15, -0.1) is 0 Å². The van der Waals surface area contributed by atoms with E-state index >= 15 is 0 Å². The second kappa shape index (κ2) is 6.33. The first-order valence-corrected chi connectivity index (χ1v) is 8.64. The molecule has 1 fully saturated rings. The number of aryl methyl sites for hydroxylation is 1. The first-order chi connectivity index (χ1) is 9.87. The van der Waals surface area contributed by atoms with Gasteiger partial charge in [-0.05, 0) is 6.42 Å². The molecule has 2 rings (SSSR count). The van der Waals surface area contributed by atoms with Gasteiger partial charge in [0.2, 0.25) is 10.9 Å². The highest BCUT2D eigenvalue weighted by molar-refractivity contribution is 7.89. The zero-order valence-electron chi connectivity index (χ0n) is 12.1. The molecule has 0 N–H and O–H groups in total. The Labute approximate surface area is 129 Å². The normalized spacial score (nSPS) is 17.8. The molecule has 0 spiro atoms. The van der Waals surface area contributed by atoms with Gasteiger partial charge in [0.1, 0.15) is 5.15 Å². The molecule has 7 nitrogen and oxygen atoms in total. The lowest BCUT2D eigenvalue weighted by Gasteiger charge is -2.21. The van der Waals surface area contributed by atoms with E-state index in [2.05, 4.69) is 4.98 Å². The SMILES string of the molecule is CCC(=O)N1CCCN(S(=O)(=O)c2ncn(C)c2Cl)CC1. The van der Waals surface area contributed by atoms with Crippen LogP contribution in [0.3, 0.4) is 0 Å². The molecule has 0 unspecified atom stereocenters. The van der Waals surface area contributed by atoms with Crippen molar-refractivity contribution < 1.29 is 13.2 Å². The van der Waals surface area contributed by atoms with Crippen molar-refractivity contribution in [3.63, 3.8) is 0 Å². The molecule has 2 heterocycles. The number of carbonyl (C=O) groups is 1. The Balaban J connectivity index is 2.18. The summed E-state index contributed by atoms with van der Waals surface area (Å²) in [5.41, 5.74) is 0. The van der Waals surface area contributed by atoms with Gasteiger partial charge in [0.05, 0.1) is 6.33 Å². The fourth-order valence-electron chi connectivity index (χ4n) is 2.30. The van der Waals surface area contributed by atoms with Gasteiger partial charge in [-0.2, -0.15) is 4.31 Å². The molecule has 0 bridgehead atoms. The zero-order chi connectivity index (χ0) is 15.6. The summed E-state index contributed by atoms with van der Waals surface area (Å²) in [5.74, 6) is 0.0464. The number of hydrogen-bond acceptors (Lipinski definition) is 4. The third-order valence-electron chi connectivity index (χ3n) is 3.53. The van der Waals surface area contributed by atoms with Crippen molar-refractivity contribution in [2.75, 3.05) is 26.2 Å². The van der Waals surface area contributed by atoms with Gasteiger partial charge in [-0.25, -0.2) is 13.4 Å². The molecule has 1 aliphatic heterocycles. The smallest absolute Gasteiger partial charge is 0.263 e. The molecule has 1 aromatic rings. The fourth-order valence-corrected chi connectivity index (χ4v) is 4.15. The Morgan fingerprint density at radius 2 is 2.05 bits per heavy atom. The number of sulfonamides is 1. The van der Waals surface area contributed by atoms with Crippen molar-refractivity contribution in [3.05, 3.63) is 11.5 Å². The van der Waals surface area contributed by atoms with Crippen molar-refractivity contribution in [2.45, 2.75) is 24.8 Å². The molecule has 0 aromatic carbocycles. The Bertz CT molecular complexity index is 628. The summed E-state index contributed by atoms with van der Waals surface area (Å²) in [6, 6.07) is 0. The summed E-state index contributed by atoms with van der Waals surface area (Å²) >= 11 is 5.98. The Kier molecular flexibility index (Phi) is 4.90. The van der Waals surface area contributed by atoms with Crippen LogP contribution in [-0.4, -0.2) is 59.3 Å². The Morgan fingerprint density at radius 3 is 2.62 bits per heavy atom. The average Bonchev–Trinajstić information content (AvgIpc) is 2.69. The molecular weight excluding hydrogens is 316 g/mol. The summed E-state index contributed by atoms with van der Waals surface area (Å²) in [4.78, 5) is 17.3. The summed E-state index contributed by atoms with van der Waals surface area (Å²) in [6.07, 6.45) is 2.41. The standard InChI is InChI=1S/C12H19ClN4O3S/c1-3-10(18)16-5-4-6-17(8-7-16)21(19,20)12-11(13)15(2)9-14-12/h9H,3-8H2,1-2H3. The van der Waals surface area contributed by atoms with Crippen LogP contribution < -0.4 is 0 Å². The molecule has 0 aliphatic carbocycles. The molecule has 1 aromatic heterocycles. The number of rotatable bonds is 3. The van der Waals surface area contributed by atoms with E-state index in [0.717, 1.165) is 0 Å². The van der Waals surface area contributed by atoms with E-state index in [-0.39, 0.29) is 22.6 Å². The highest BCUT2D eigenvalue weighted by Crippen LogP contribution is 2.23. The lowest BCUT2D eigenvalue weighted by molar-refractivity contribution is -0.130. The second-order valence-corrected chi connectivity index (χ2v) is 7.15. The number of amides is 1. The molecular formula is C12H19ClN4O3S. The minimum absolute atomic E-state index is 0.0464. The number of nitrogens with zero attached hydrogens (tertiary/aromatic N) is 4. The minimum Gasteiger partial charge on any atom is -0.341 e. The van der Waals surface area contributed by atoms with E-state index in [1.54, 1.807) is 18.9 Å². The van der Waals surface area contributed by atoms with Crippen molar-refractivity contribution in [1.29, 1.82) is 0 Å². The molecule has 118 valence electrons. The van der Waals surface area contributed by atoms with Gasteiger partial charge in [0.15, 0.2) is 0 Å². The molecule has 1 saturated heterocycles. The van der Waals surface area contributed by atoms with Crippen molar-refractivity contribution in [3.8, 4) is 0 Å². The van der Waals surface area contributed by atoms with Crippen LogP contribution in [0.4, 0.5) is 0 Å². The molecule has 1 aliphatic rings. The Morgan fingerprint density at radius 1 is 1.33 bits per heavy atom. The predicted molar refractivity (Wildman–Crippen MR) is 78.5 cm³/mol. The maximum Gasteiger partial charge on any atom is 0.263 e. The molecule has 1 amide bonds. The first kappa shape index (κ1) is 16.3. The largest absolute Gasteiger partial charge is 0.341 e. The number of halogens is 1. The summed E-state index contributed by atoms with van der Waals surface area (Å²) in [6.45, 7) is 3.41. The number of imidazole rings is 1. The van der Waals surface area contributed by atoms with Crippen LogP contribution in [0.1, 0.15) is 19.8 Å². The average molecular weight is 335 g/mol. The monoisotopic (exact) mass is 334 g/mol. The maximum atomic E-state index is 12.6. The third kappa shape index (κ3) is 3.22. The summed E-state index contributed by atoms with van der Waals surface area (Å²) in [7, 11) is -2.08. The van der Waals surface area contributed by atoms with Gasteiger partial charge < -0.3 is 9.47 Å². The van der Waals surface area contributed by atoms with Gasteiger partial charge in [0, 0.05) is 39.6 Å². The number of carbonyl (C=O) groups excluding carboxylic acids is 1. The van der Waals surface area contributed by atoms with E-state index in [0.29, 0.717) is 32.5 Å².